The summed E-state index contributed by atoms with van der Waals surface area (Å²) in [5.41, 5.74) is 6.14. The summed E-state index contributed by atoms with van der Waals surface area (Å²) in [7, 11) is 0. The molecular formula is C13H16BrClN2OS. The van der Waals surface area contributed by atoms with E-state index in [2.05, 4.69) is 15.9 Å². The number of nitrogens with zero attached hydrogens (tertiary/aromatic N) is 1. The van der Waals surface area contributed by atoms with Crippen molar-refractivity contribution in [2.75, 3.05) is 13.1 Å². The molecule has 19 heavy (non-hydrogen) atoms. The van der Waals surface area contributed by atoms with Crippen LogP contribution in [0.2, 0.25) is 5.02 Å². The highest BCUT2D eigenvalue weighted by atomic mass is 79.9. The Morgan fingerprint density at radius 2 is 2.21 bits per heavy atom. The van der Waals surface area contributed by atoms with E-state index in [1.165, 1.54) is 0 Å². The number of benzene rings is 1. The minimum atomic E-state index is -0.0834. The maximum absolute atomic E-state index is 12.5. The van der Waals surface area contributed by atoms with Crippen molar-refractivity contribution in [2.45, 2.75) is 13.8 Å². The van der Waals surface area contributed by atoms with Gasteiger partial charge in [-0.15, -0.1) is 0 Å². The van der Waals surface area contributed by atoms with Gasteiger partial charge in [-0.25, -0.2) is 0 Å². The third kappa shape index (κ3) is 4.44. The van der Waals surface area contributed by atoms with Gasteiger partial charge in [-0.05, 0) is 41.1 Å². The Morgan fingerprint density at radius 1 is 1.58 bits per heavy atom. The molecule has 1 aromatic rings. The van der Waals surface area contributed by atoms with Gasteiger partial charge >= 0.3 is 0 Å². The molecule has 104 valence electrons. The summed E-state index contributed by atoms with van der Waals surface area (Å²) in [6.45, 7) is 4.92. The first-order chi connectivity index (χ1) is 8.86. The molecule has 0 aromatic heterocycles. The summed E-state index contributed by atoms with van der Waals surface area (Å²) in [5, 5.41) is 0.532. The summed E-state index contributed by atoms with van der Waals surface area (Å²) < 4.78 is 0.725. The molecule has 0 aliphatic heterocycles. The third-order valence-electron chi connectivity index (χ3n) is 2.81. The molecule has 0 fully saturated rings. The van der Waals surface area contributed by atoms with Crippen LogP contribution in [0.1, 0.15) is 24.2 Å². The van der Waals surface area contributed by atoms with Crippen LogP contribution in [-0.4, -0.2) is 28.9 Å². The number of carbonyl (C=O) groups excluding carboxylic acids is 1. The Bertz CT molecular complexity index is 496. The van der Waals surface area contributed by atoms with E-state index in [0.29, 0.717) is 28.7 Å². The molecule has 0 saturated heterocycles. The lowest BCUT2D eigenvalue weighted by molar-refractivity contribution is 0.0754. The van der Waals surface area contributed by atoms with Gasteiger partial charge in [0.15, 0.2) is 0 Å². The number of nitrogens with two attached hydrogens (primary N) is 1. The molecule has 1 unspecified atom stereocenters. The minimum absolute atomic E-state index is 0.0168. The SMILES string of the molecule is CCN(CC(C)C(N)=S)C(=O)c1cc(Cl)ccc1Br. The molecule has 1 amide bonds. The molecule has 3 nitrogen and oxygen atoms in total. The quantitative estimate of drug-likeness (QED) is 0.815. The number of halogens is 2. The molecule has 0 bridgehead atoms. The Labute approximate surface area is 132 Å². The van der Waals surface area contributed by atoms with Crippen LogP contribution in [0, 0.1) is 5.92 Å². The molecule has 1 rings (SSSR count). The van der Waals surface area contributed by atoms with E-state index < -0.39 is 0 Å². The topological polar surface area (TPSA) is 46.3 Å². The van der Waals surface area contributed by atoms with Crippen molar-refractivity contribution in [1.29, 1.82) is 0 Å². The fourth-order valence-corrected chi connectivity index (χ4v) is 2.27. The number of rotatable bonds is 5. The van der Waals surface area contributed by atoms with Gasteiger partial charge in [-0.2, -0.15) is 0 Å². The maximum atomic E-state index is 12.5. The van der Waals surface area contributed by atoms with Crippen LogP contribution in [0.25, 0.3) is 0 Å². The summed E-state index contributed by atoms with van der Waals surface area (Å²) in [5.74, 6) is -0.100. The highest BCUT2D eigenvalue weighted by Gasteiger charge is 2.20. The number of hydrogen-bond acceptors (Lipinski definition) is 2. The lowest BCUT2D eigenvalue weighted by Crippen LogP contribution is -2.38. The summed E-state index contributed by atoms with van der Waals surface area (Å²) in [6.07, 6.45) is 0. The second kappa shape index (κ2) is 7.22. The van der Waals surface area contributed by atoms with Crippen LogP contribution in [0.3, 0.4) is 0 Å². The van der Waals surface area contributed by atoms with Crippen LogP contribution < -0.4 is 5.73 Å². The van der Waals surface area contributed by atoms with Crippen molar-refractivity contribution in [3.63, 3.8) is 0 Å². The second-order valence-corrected chi connectivity index (χ2v) is 6.03. The molecule has 0 spiro atoms. The van der Waals surface area contributed by atoms with E-state index in [-0.39, 0.29) is 11.8 Å². The average Bonchev–Trinajstić information content (AvgIpc) is 2.37. The first-order valence-corrected chi connectivity index (χ1v) is 7.48. The van der Waals surface area contributed by atoms with Crippen molar-refractivity contribution in [2.24, 2.45) is 11.7 Å². The zero-order chi connectivity index (χ0) is 14.6. The number of thiocarbonyl (C=S) groups is 1. The first kappa shape index (κ1) is 16.4. The zero-order valence-electron chi connectivity index (χ0n) is 10.8. The standard InChI is InChI=1S/C13H16BrClN2OS/c1-3-17(7-8(2)12(16)19)13(18)10-6-9(15)4-5-11(10)14/h4-6,8H,3,7H2,1-2H3,(H2,16,19). The number of hydrogen-bond donors (Lipinski definition) is 1. The maximum Gasteiger partial charge on any atom is 0.255 e. The van der Waals surface area contributed by atoms with Crippen LogP contribution in [0.5, 0.6) is 0 Å². The van der Waals surface area contributed by atoms with Gasteiger partial charge < -0.3 is 10.6 Å². The van der Waals surface area contributed by atoms with Crippen LogP contribution >= 0.6 is 39.7 Å². The molecule has 0 aliphatic rings. The van der Waals surface area contributed by atoms with Crippen LogP contribution in [0.4, 0.5) is 0 Å². The van der Waals surface area contributed by atoms with E-state index >= 15 is 0 Å². The normalized spacial score (nSPS) is 12.0. The Balaban J connectivity index is 2.95. The van der Waals surface area contributed by atoms with Crippen LogP contribution in [0.15, 0.2) is 22.7 Å². The fourth-order valence-electron chi connectivity index (χ4n) is 1.61. The van der Waals surface area contributed by atoms with E-state index in [1.54, 1.807) is 23.1 Å². The van der Waals surface area contributed by atoms with E-state index in [1.807, 2.05) is 13.8 Å². The van der Waals surface area contributed by atoms with Gasteiger partial charge in [0.05, 0.1) is 10.6 Å². The smallest absolute Gasteiger partial charge is 0.255 e. The molecule has 0 heterocycles. The van der Waals surface area contributed by atoms with Gasteiger partial charge in [-0.1, -0.05) is 30.7 Å². The molecule has 1 aromatic carbocycles. The van der Waals surface area contributed by atoms with Crippen molar-refractivity contribution < 1.29 is 4.79 Å². The number of carbonyl (C=O) groups is 1. The van der Waals surface area contributed by atoms with E-state index in [4.69, 9.17) is 29.6 Å². The third-order valence-corrected chi connectivity index (χ3v) is 4.14. The molecule has 0 radical (unpaired) electrons. The molecule has 2 N–H and O–H groups in total. The van der Waals surface area contributed by atoms with Gasteiger partial charge in [0, 0.05) is 28.5 Å². The van der Waals surface area contributed by atoms with E-state index in [0.717, 1.165) is 4.47 Å². The highest BCUT2D eigenvalue weighted by molar-refractivity contribution is 9.10. The summed E-state index contributed by atoms with van der Waals surface area (Å²) >= 11 is 14.2. The Morgan fingerprint density at radius 3 is 2.74 bits per heavy atom. The second-order valence-electron chi connectivity index (χ2n) is 4.27. The minimum Gasteiger partial charge on any atom is -0.393 e. The summed E-state index contributed by atoms with van der Waals surface area (Å²) in [4.78, 5) is 14.6. The molecular weight excluding hydrogens is 348 g/mol. The van der Waals surface area contributed by atoms with Gasteiger partial charge in [0.25, 0.3) is 5.91 Å². The molecule has 0 saturated carbocycles. The average molecular weight is 364 g/mol. The van der Waals surface area contributed by atoms with Crippen molar-refractivity contribution in [3.05, 3.63) is 33.3 Å². The lowest BCUT2D eigenvalue weighted by Gasteiger charge is -2.24. The van der Waals surface area contributed by atoms with Gasteiger partial charge in [0.1, 0.15) is 0 Å². The summed E-state index contributed by atoms with van der Waals surface area (Å²) in [6, 6.07) is 5.15. The van der Waals surface area contributed by atoms with Crippen LogP contribution in [-0.2, 0) is 0 Å². The van der Waals surface area contributed by atoms with Crippen molar-refractivity contribution in [3.8, 4) is 0 Å². The predicted octanol–water partition coefficient (Wildman–Crippen LogP) is 3.49. The lowest BCUT2D eigenvalue weighted by atomic mass is 10.1. The predicted molar refractivity (Wildman–Crippen MR) is 86.7 cm³/mol. The van der Waals surface area contributed by atoms with Gasteiger partial charge in [0.2, 0.25) is 0 Å². The molecule has 1 atom stereocenters. The zero-order valence-corrected chi connectivity index (χ0v) is 14.0. The number of amides is 1. The largest absolute Gasteiger partial charge is 0.393 e. The van der Waals surface area contributed by atoms with Crippen molar-refractivity contribution in [1.82, 2.24) is 4.90 Å². The highest BCUT2D eigenvalue weighted by Crippen LogP contribution is 2.23. The first-order valence-electron chi connectivity index (χ1n) is 5.90. The van der Waals surface area contributed by atoms with Crippen molar-refractivity contribution >= 4 is 50.6 Å². The fraction of sp³-hybridized carbons (Fsp3) is 0.385. The Hall–Kier alpha value is -0.650. The van der Waals surface area contributed by atoms with Gasteiger partial charge in [-0.3, -0.25) is 4.79 Å². The monoisotopic (exact) mass is 362 g/mol. The molecule has 6 heteroatoms. The van der Waals surface area contributed by atoms with E-state index in [9.17, 15) is 4.79 Å². The molecule has 0 aliphatic carbocycles. The Kier molecular flexibility index (Phi) is 6.23.